The molecule has 0 radical (unpaired) electrons. The van der Waals surface area contributed by atoms with Crippen LogP contribution in [0, 0.1) is 6.92 Å². The van der Waals surface area contributed by atoms with E-state index in [1.807, 2.05) is 6.92 Å². The first kappa shape index (κ1) is 10.3. The molecule has 0 unspecified atom stereocenters. The van der Waals surface area contributed by atoms with Crippen LogP contribution >= 0.6 is 11.3 Å². The maximum Gasteiger partial charge on any atom is 0.220 e. The van der Waals surface area contributed by atoms with Crippen LogP contribution in [0.4, 0.5) is 0 Å². The fourth-order valence-corrected chi connectivity index (χ4v) is 1.93. The van der Waals surface area contributed by atoms with Crippen LogP contribution in [0.3, 0.4) is 0 Å². The van der Waals surface area contributed by atoms with Gasteiger partial charge in [-0.05, 0) is 35.2 Å². The zero-order valence-electron chi connectivity index (χ0n) is 8.09. The molecular formula is C10H15NOS. The van der Waals surface area contributed by atoms with Crippen LogP contribution in [0.15, 0.2) is 10.8 Å². The first-order valence-electron chi connectivity index (χ1n) is 4.52. The average Bonchev–Trinajstić information content (AvgIpc) is 2.48. The third-order valence-corrected chi connectivity index (χ3v) is 2.82. The Labute approximate surface area is 83.0 Å². The molecule has 1 aromatic rings. The summed E-state index contributed by atoms with van der Waals surface area (Å²) in [6, 6.07) is 0. The predicted octanol–water partition coefficient (Wildman–Crippen LogP) is 2.47. The number of thiophene rings is 1. The Balaban J connectivity index is 2.35. The van der Waals surface area contributed by atoms with E-state index in [0.717, 1.165) is 6.42 Å². The summed E-state index contributed by atoms with van der Waals surface area (Å²) in [5.74, 6) is 0.146. The molecule has 0 aliphatic carbocycles. The summed E-state index contributed by atoms with van der Waals surface area (Å²) < 4.78 is 0. The molecule has 1 heterocycles. The van der Waals surface area contributed by atoms with Gasteiger partial charge in [-0.1, -0.05) is 6.92 Å². The molecule has 1 aromatic heterocycles. The first-order chi connectivity index (χ1) is 6.24. The molecule has 0 bridgehead atoms. The molecule has 1 N–H and O–H groups in total. The van der Waals surface area contributed by atoms with E-state index in [-0.39, 0.29) is 5.91 Å². The molecule has 0 aliphatic heterocycles. The molecule has 0 aromatic carbocycles. The first-order valence-corrected chi connectivity index (χ1v) is 5.46. The molecule has 0 spiro atoms. The van der Waals surface area contributed by atoms with Gasteiger partial charge in [-0.25, -0.2) is 0 Å². The van der Waals surface area contributed by atoms with Crippen molar-refractivity contribution in [2.75, 3.05) is 0 Å². The quantitative estimate of drug-likeness (QED) is 0.789. The van der Waals surface area contributed by atoms with Crippen molar-refractivity contribution >= 4 is 17.2 Å². The van der Waals surface area contributed by atoms with Gasteiger partial charge in [0.15, 0.2) is 0 Å². The molecule has 72 valence electrons. The van der Waals surface area contributed by atoms with Crippen LogP contribution in [0.2, 0.25) is 0 Å². The minimum atomic E-state index is 0.146. The van der Waals surface area contributed by atoms with Crippen LogP contribution in [0.1, 0.15) is 30.9 Å². The summed E-state index contributed by atoms with van der Waals surface area (Å²) in [4.78, 5) is 11.1. The third-order valence-electron chi connectivity index (χ3n) is 1.91. The smallest absolute Gasteiger partial charge is 0.220 e. The minimum Gasteiger partial charge on any atom is -0.352 e. The Morgan fingerprint density at radius 1 is 1.54 bits per heavy atom. The van der Waals surface area contributed by atoms with Gasteiger partial charge in [0.1, 0.15) is 0 Å². The number of hydrogen-bond acceptors (Lipinski definition) is 2. The normalized spacial score (nSPS) is 10.0. The van der Waals surface area contributed by atoms with Crippen molar-refractivity contribution in [3.05, 3.63) is 21.9 Å². The molecule has 1 amide bonds. The molecule has 3 heteroatoms. The van der Waals surface area contributed by atoms with E-state index < -0.39 is 0 Å². The SMILES string of the molecule is CCCC(=O)NCc1cscc1C. The van der Waals surface area contributed by atoms with Crippen molar-refractivity contribution in [1.82, 2.24) is 5.32 Å². The number of rotatable bonds is 4. The van der Waals surface area contributed by atoms with Crippen LogP contribution in [-0.2, 0) is 11.3 Å². The third kappa shape index (κ3) is 3.19. The van der Waals surface area contributed by atoms with Gasteiger partial charge in [0.2, 0.25) is 5.91 Å². The Morgan fingerprint density at radius 3 is 2.85 bits per heavy atom. The van der Waals surface area contributed by atoms with Crippen LogP contribution in [0.5, 0.6) is 0 Å². The largest absolute Gasteiger partial charge is 0.352 e. The highest BCUT2D eigenvalue weighted by molar-refractivity contribution is 7.08. The summed E-state index contributed by atoms with van der Waals surface area (Å²) >= 11 is 1.68. The molecule has 0 saturated heterocycles. The summed E-state index contributed by atoms with van der Waals surface area (Å²) in [7, 11) is 0. The van der Waals surface area contributed by atoms with E-state index in [2.05, 4.69) is 23.0 Å². The summed E-state index contributed by atoms with van der Waals surface area (Å²) in [6.07, 6.45) is 1.54. The highest BCUT2D eigenvalue weighted by Gasteiger charge is 2.01. The van der Waals surface area contributed by atoms with E-state index in [1.165, 1.54) is 11.1 Å². The fraction of sp³-hybridized carbons (Fsp3) is 0.500. The Kier molecular flexibility index (Phi) is 3.96. The van der Waals surface area contributed by atoms with E-state index in [4.69, 9.17) is 0 Å². The van der Waals surface area contributed by atoms with Gasteiger partial charge < -0.3 is 5.32 Å². The highest BCUT2D eigenvalue weighted by Crippen LogP contribution is 2.12. The van der Waals surface area contributed by atoms with Crippen molar-refractivity contribution in [2.24, 2.45) is 0 Å². The lowest BCUT2D eigenvalue weighted by molar-refractivity contribution is -0.121. The molecule has 2 nitrogen and oxygen atoms in total. The van der Waals surface area contributed by atoms with E-state index in [0.29, 0.717) is 13.0 Å². The second-order valence-electron chi connectivity index (χ2n) is 3.11. The zero-order valence-corrected chi connectivity index (χ0v) is 8.91. The zero-order chi connectivity index (χ0) is 9.68. The van der Waals surface area contributed by atoms with Gasteiger partial charge in [-0.15, -0.1) is 0 Å². The lowest BCUT2D eigenvalue weighted by Crippen LogP contribution is -2.22. The molecule has 0 atom stereocenters. The molecule has 13 heavy (non-hydrogen) atoms. The van der Waals surface area contributed by atoms with Gasteiger partial charge >= 0.3 is 0 Å². The number of amides is 1. The number of aryl methyl sites for hydroxylation is 1. The predicted molar refractivity (Wildman–Crippen MR) is 55.8 cm³/mol. The van der Waals surface area contributed by atoms with Crippen LogP contribution < -0.4 is 5.32 Å². The van der Waals surface area contributed by atoms with Crippen molar-refractivity contribution in [3.8, 4) is 0 Å². The highest BCUT2D eigenvalue weighted by atomic mass is 32.1. The van der Waals surface area contributed by atoms with Gasteiger partial charge in [0.25, 0.3) is 0 Å². The standard InChI is InChI=1S/C10H15NOS/c1-3-4-10(12)11-5-9-7-13-6-8(9)2/h6-7H,3-5H2,1-2H3,(H,11,12). The fourth-order valence-electron chi connectivity index (χ4n) is 1.08. The van der Waals surface area contributed by atoms with Crippen molar-refractivity contribution < 1.29 is 4.79 Å². The lowest BCUT2D eigenvalue weighted by atomic mass is 10.2. The molecule has 0 saturated carbocycles. The van der Waals surface area contributed by atoms with Gasteiger partial charge in [-0.2, -0.15) is 11.3 Å². The summed E-state index contributed by atoms with van der Waals surface area (Å²) in [5, 5.41) is 7.08. The Morgan fingerprint density at radius 2 is 2.31 bits per heavy atom. The Hall–Kier alpha value is -0.830. The molecular weight excluding hydrogens is 182 g/mol. The average molecular weight is 197 g/mol. The van der Waals surface area contributed by atoms with Crippen LogP contribution in [-0.4, -0.2) is 5.91 Å². The minimum absolute atomic E-state index is 0.146. The second kappa shape index (κ2) is 5.02. The van der Waals surface area contributed by atoms with E-state index >= 15 is 0 Å². The lowest BCUT2D eigenvalue weighted by Gasteiger charge is -2.03. The number of nitrogens with one attached hydrogen (secondary N) is 1. The van der Waals surface area contributed by atoms with Crippen molar-refractivity contribution in [2.45, 2.75) is 33.2 Å². The van der Waals surface area contributed by atoms with Crippen molar-refractivity contribution in [3.63, 3.8) is 0 Å². The number of carbonyl (C=O) groups is 1. The monoisotopic (exact) mass is 197 g/mol. The van der Waals surface area contributed by atoms with Crippen molar-refractivity contribution in [1.29, 1.82) is 0 Å². The second-order valence-corrected chi connectivity index (χ2v) is 3.85. The number of hydrogen-bond donors (Lipinski definition) is 1. The topological polar surface area (TPSA) is 29.1 Å². The summed E-state index contributed by atoms with van der Waals surface area (Å²) in [6.45, 7) is 4.75. The van der Waals surface area contributed by atoms with Gasteiger partial charge in [0.05, 0.1) is 0 Å². The van der Waals surface area contributed by atoms with Crippen LogP contribution in [0.25, 0.3) is 0 Å². The Bertz CT molecular complexity index is 280. The molecule has 0 aliphatic rings. The maximum atomic E-state index is 11.1. The van der Waals surface area contributed by atoms with E-state index in [1.54, 1.807) is 11.3 Å². The summed E-state index contributed by atoms with van der Waals surface area (Å²) in [5.41, 5.74) is 2.50. The van der Waals surface area contributed by atoms with Gasteiger partial charge in [0, 0.05) is 13.0 Å². The number of carbonyl (C=O) groups excluding carboxylic acids is 1. The molecule has 1 rings (SSSR count). The molecule has 0 fully saturated rings. The van der Waals surface area contributed by atoms with Gasteiger partial charge in [-0.3, -0.25) is 4.79 Å². The van der Waals surface area contributed by atoms with E-state index in [9.17, 15) is 4.79 Å². The maximum absolute atomic E-state index is 11.1.